The molecule has 0 fully saturated rings. The molecule has 3 heteroatoms. The Morgan fingerprint density at radius 3 is 2.44 bits per heavy atom. The maximum Gasteiger partial charge on any atom is 0.0998 e. The molecule has 1 aromatic heterocycles. The largest absolute Gasteiger partial charge is 0.344 e. The third-order valence-corrected chi connectivity index (χ3v) is 4.71. The van der Waals surface area contributed by atoms with Crippen molar-refractivity contribution in [2.75, 3.05) is 0 Å². The molecule has 2 nitrogen and oxygen atoms in total. The minimum absolute atomic E-state index is 0.575. The Labute approximate surface area is 153 Å². The molecule has 0 unspecified atom stereocenters. The highest BCUT2D eigenvalue weighted by Crippen LogP contribution is 2.27. The molecular formula is C22H19ClN2. The number of allylic oxidation sites excluding steroid dienone is 1. The summed E-state index contributed by atoms with van der Waals surface area (Å²) in [6, 6.07) is 22.2. The Hall–Kier alpha value is -2.76. The molecule has 1 heterocycles. The maximum atomic E-state index is 9.58. The third kappa shape index (κ3) is 3.68. The highest BCUT2D eigenvalue weighted by Gasteiger charge is 2.11. The first-order valence-electron chi connectivity index (χ1n) is 8.17. The van der Waals surface area contributed by atoms with Crippen LogP contribution in [-0.2, 0) is 6.54 Å². The first-order chi connectivity index (χ1) is 12.1. The SMILES string of the molecule is Cc1cc(C=C(C#N)c2ccccc2Cl)c(C)n1Cc1ccccc1. The maximum absolute atomic E-state index is 9.58. The predicted molar refractivity (Wildman–Crippen MR) is 104 cm³/mol. The zero-order valence-corrected chi connectivity index (χ0v) is 15.1. The molecule has 0 spiro atoms. The molecule has 3 rings (SSSR count). The van der Waals surface area contributed by atoms with E-state index in [2.05, 4.69) is 54.8 Å². The fraction of sp³-hybridized carbons (Fsp3) is 0.136. The fourth-order valence-corrected chi connectivity index (χ4v) is 3.23. The van der Waals surface area contributed by atoms with Gasteiger partial charge in [-0.3, -0.25) is 0 Å². The Bertz CT molecular complexity index is 959. The third-order valence-electron chi connectivity index (χ3n) is 4.38. The fourth-order valence-electron chi connectivity index (χ4n) is 2.99. The van der Waals surface area contributed by atoms with Crippen LogP contribution in [0.1, 0.15) is 28.1 Å². The van der Waals surface area contributed by atoms with Gasteiger partial charge < -0.3 is 4.57 Å². The van der Waals surface area contributed by atoms with Crippen molar-refractivity contribution in [3.63, 3.8) is 0 Å². The summed E-state index contributed by atoms with van der Waals surface area (Å²) < 4.78 is 2.27. The molecule has 25 heavy (non-hydrogen) atoms. The van der Waals surface area contributed by atoms with E-state index >= 15 is 0 Å². The van der Waals surface area contributed by atoms with Gasteiger partial charge in [-0.25, -0.2) is 0 Å². The average Bonchev–Trinajstić information content (AvgIpc) is 2.89. The van der Waals surface area contributed by atoms with Crippen molar-refractivity contribution in [3.8, 4) is 6.07 Å². The van der Waals surface area contributed by atoms with Gasteiger partial charge in [0.25, 0.3) is 0 Å². The van der Waals surface area contributed by atoms with Gasteiger partial charge in [-0.05, 0) is 43.2 Å². The molecule has 0 radical (unpaired) electrons. The molecule has 124 valence electrons. The molecule has 3 aromatic rings. The van der Waals surface area contributed by atoms with Crippen LogP contribution in [0.2, 0.25) is 5.02 Å². The number of aryl methyl sites for hydroxylation is 1. The number of nitrogens with zero attached hydrogens (tertiary/aromatic N) is 2. The van der Waals surface area contributed by atoms with E-state index < -0.39 is 0 Å². The van der Waals surface area contributed by atoms with E-state index in [4.69, 9.17) is 11.6 Å². The number of rotatable bonds is 4. The van der Waals surface area contributed by atoms with Crippen molar-refractivity contribution < 1.29 is 0 Å². The van der Waals surface area contributed by atoms with E-state index in [1.54, 1.807) is 6.07 Å². The highest BCUT2D eigenvalue weighted by atomic mass is 35.5. The molecule has 0 bridgehead atoms. The van der Waals surface area contributed by atoms with Crippen LogP contribution in [-0.4, -0.2) is 4.57 Å². The minimum atomic E-state index is 0.575. The van der Waals surface area contributed by atoms with Gasteiger partial charge in [0.05, 0.1) is 11.6 Å². The zero-order chi connectivity index (χ0) is 17.8. The summed E-state index contributed by atoms with van der Waals surface area (Å²) in [7, 11) is 0. The van der Waals surface area contributed by atoms with Crippen LogP contribution in [0, 0.1) is 25.2 Å². The molecule has 0 atom stereocenters. The lowest BCUT2D eigenvalue weighted by Crippen LogP contribution is -2.03. The molecule has 2 aromatic carbocycles. The monoisotopic (exact) mass is 346 g/mol. The van der Waals surface area contributed by atoms with Crippen molar-refractivity contribution in [2.24, 2.45) is 0 Å². The second-order valence-electron chi connectivity index (χ2n) is 6.05. The lowest BCUT2D eigenvalue weighted by molar-refractivity contribution is 0.749. The van der Waals surface area contributed by atoms with Crippen LogP contribution < -0.4 is 0 Å². The topological polar surface area (TPSA) is 28.7 Å². The summed E-state index contributed by atoms with van der Waals surface area (Å²) in [5, 5.41) is 10.2. The second kappa shape index (κ2) is 7.42. The molecular weight excluding hydrogens is 328 g/mol. The van der Waals surface area contributed by atoms with Gasteiger partial charge in [0, 0.05) is 28.5 Å². The Balaban J connectivity index is 2.00. The van der Waals surface area contributed by atoms with Gasteiger partial charge in [-0.2, -0.15) is 5.26 Å². The number of halogens is 1. The van der Waals surface area contributed by atoms with Crippen molar-refractivity contribution >= 4 is 23.3 Å². The molecule has 0 aliphatic rings. The van der Waals surface area contributed by atoms with E-state index in [-0.39, 0.29) is 0 Å². The normalized spacial score (nSPS) is 11.4. The standard InChI is InChI=1S/C22H19ClN2/c1-16-12-19(13-20(14-24)21-10-6-7-11-22(21)23)17(2)25(16)15-18-8-4-3-5-9-18/h3-13H,15H2,1-2H3. The summed E-state index contributed by atoms with van der Waals surface area (Å²) >= 11 is 6.25. The van der Waals surface area contributed by atoms with Crippen molar-refractivity contribution in [3.05, 3.63) is 93.8 Å². The molecule has 0 aliphatic heterocycles. The molecule has 0 amide bonds. The Kier molecular flexibility index (Phi) is 5.07. The van der Waals surface area contributed by atoms with Crippen LogP contribution in [0.5, 0.6) is 0 Å². The summed E-state index contributed by atoms with van der Waals surface area (Å²) in [5.74, 6) is 0. The summed E-state index contributed by atoms with van der Waals surface area (Å²) in [5.41, 5.74) is 5.95. The van der Waals surface area contributed by atoms with Gasteiger partial charge in [0.2, 0.25) is 0 Å². The van der Waals surface area contributed by atoms with Gasteiger partial charge >= 0.3 is 0 Å². The van der Waals surface area contributed by atoms with Gasteiger partial charge in [-0.15, -0.1) is 0 Å². The quantitative estimate of drug-likeness (QED) is 0.543. The highest BCUT2D eigenvalue weighted by molar-refractivity contribution is 6.32. The van der Waals surface area contributed by atoms with Crippen molar-refractivity contribution in [1.29, 1.82) is 5.26 Å². The first kappa shape index (κ1) is 17.1. The van der Waals surface area contributed by atoms with Gasteiger partial charge in [-0.1, -0.05) is 60.1 Å². The van der Waals surface area contributed by atoms with Crippen LogP contribution in [0.25, 0.3) is 11.6 Å². The van der Waals surface area contributed by atoms with E-state index in [9.17, 15) is 5.26 Å². The minimum Gasteiger partial charge on any atom is -0.344 e. The van der Waals surface area contributed by atoms with E-state index in [1.807, 2.05) is 30.3 Å². The van der Waals surface area contributed by atoms with E-state index in [0.717, 1.165) is 23.4 Å². The first-order valence-corrected chi connectivity index (χ1v) is 8.55. The Morgan fingerprint density at radius 1 is 1.08 bits per heavy atom. The van der Waals surface area contributed by atoms with Crippen LogP contribution in [0.15, 0.2) is 60.7 Å². The number of benzene rings is 2. The average molecular weight is 347 g/mol. The number of aromatic nitrogens is 1. The molecule has 0 saturated carbocycles. The van der Waals surface area contributed by atoms with Crippen LogP contribution >= 0.6 is 11.6 Å². The van der Waals surface area contributed by atoms with Gasteiger partial charge in [0.1, 0.15) is 0 Å². The lowest BCUT2D eigenvalue weighted by Gasteiger charge is -2.09. The zero-order valence-electron chi connectivity index (χ0n) is 14.3. The number of hydrogen-bond donors (Lipinski definition) is 0. The summed E-state index contributed by atoms with van der Waals surface area (Å²) in [4.78, 5) is 0. The van der Waals surface area contributed by atoms with Gasteiger partial charge in [0.15, 0.2) is 0 Å². The summed E-state index contributed by atoms with van der Waals surface area (Å²) in [6.45, 7) is 5.00. The lowest BCUT2D eigenvalue weighted by atomic mass is 10.0. The van der Waals surface area contributed by atoms with Crippen LogP contribution in [0.3, 0.4) is 0 Å². The van der Waals surface area contributed by atoms with Crippen molar-refractivity contribution in [1.82, 2.24) is 4.57 Å². The smallest absolute Gasteiger partial charge is 0.0998 e. The van der Waals surface area contributed by atoms with Crippen LogP contribution in [0.4, 0.5) is 0 Å². The van der Waals surface area contributed by atoms with E-state index in [0.29, 0.717) is 10.6 Å². The molecule has 0 aliphatic carbocycles. The van der Waals surface area contributed by atoms with Crippen molar-refractivity contribution in [2.45, 2.75) is 20.4 Å². The molecule has 0 N–H and O–H groups in total. The Morgan fingerprint density at radius 2 is 1.76 bits per heavy atom. The second-order valence-corrected chi connectivity index (χ2v) is 6.46. The van der Waals surface area contributed by atoms with E-state index in [1.165, 1.54) is 11.3 Å². The summed E-state index contributed by atoms with van der Waals surface area (Å²) in [6.07, 6.45) is 1.92. The predicted octanol–water partition coefficient (Wildman–Crippen LogP) is 5.87. The number of hydrogen-bond acceptors (Lipinski definition) is 1. The molecule has 0 saturated heterocycles. The number of nitriles is 1.